The van der Waals surface area contributed by atoms with Gasteiger partial charge in [0.2, 0.25) is 12.0 Å². The number of aryl methyl sites for hydroxylation is 2. The van der Waals surface area contributed by atoms with Crippen LogP contribution in [-0.2, 0) is 17.6 Å². The summed E-state index contributed by atoms with van der Waals surface area (Å²) < 4.78 is 13.9. The zero-order valence-corrected chi connectivity index (χ0v) is 11.8. The summed E-state index contributed by atoms with van der Waals surface area (Å²) in [5.74, 6) is -1.31. The molecule has 0 saturated carbocycles. The molecule has 0 radical (unpaired) electrons. The molecule has 0 amide bonds. The van der Waals surface area contributed by atoms with Gasteiger partial charge in [-0.2, -0.15) is 0 Å². The smallest absolute Gasteiger partial charge is 0.220 e. The molecule has 19 heavy (non-hydrogen) atoms. The largest absolute Gasteiger partial charge is 0.296 e. The van der Waals surface area contributed by atoms with Crippen molar-refractivity contribution in [1.29, 1.82) is 0 Å². The maximum atomic E-state index is 13.9. The summed E-state index contributed by atoms with van der Waals surface area (Å²) in [5, 5.41) is 0. The van der Waals surface area contributed by atoms with Crippen LogP contribution >= 0.6 is 0 Å². The number of benzene rings is 1. The average Bonchev–Trinajstić information content (AvgIpc) is 2.45. The van der Waals surface area contributed by atoms with Gasteiger partial charge in [-0.05, 0) is 30.4 Å². The molecule has 1 aromatic carbocycles. The van der Waals surface area contributed by atoms with Crippen LogP contribution in [0.4, 0.5) is 4.39 Å². The Morgan fingerprint density at radius 1 is 1.16 bits per heavy atom. The molecule has 1 rings (SSSR count). The summed E-state index contributed by atoms with van der Waals surface area (Å²) in [6.45, 7) is 5.74. The molecule has 2 nitrogen and oxygen atoms in total. The fourth-order valence-electron chi connectivity index (χ4n) is 2.06. The van der Waals surface area contributed by atoms with Crippen LogP contribution in [0.25, 0.3) is 0 Å². The first-order valence-electron chi connectivity index (χ1n) is 6.87. The van der Waals surface area contributed by atoms with Crippen LogP contribution in [0.15, 0.2) is 18.2 Å². The van der Waals surface area contributed by atoms with Gasteiger partial charge in [-0.15, -0.1) is 0 Å². The molecule has 0 fully saturated rings. The van der Waals surface area contributed by atoms with Gasteiger partial charge in [0.1, 0.15) is 0 Å². The molecule has 1 unspecified atom stereocenters. The zero-order valence-electron chi connectivity index (χ0n) is 11.8. The van der Waals surface area contributed by atoms with Crippen molar-refractivity contribution in [2.75, 3.05) is 0 Å². The fraction of sp³-hybridized carbons (Fsp3) is 0.500. The minimum absolute atomic E-state index is 0.113. The summed E-state index contributed by atoms with van der Waals surface area (Å²) in [5.41, 5.74) is 2.27. The lowest BCUT2D eigenvalue weighted by Crippen LogP contribution is -2.26. The number of halogens is 1. The summed E-state index contributed by atoms with van der Waals surface area (Å²) in [4.78, 5) is 23.5. The number of alkyl halides is 1. The summed E-state index contributed by atoms with van der Waals surface area (Å²) >= 11 is 0. The van der Waals surface area contributed by atoms with Crippen molar-refractivity contribution in [3.63, 3.8) is 0 Å². The highest BCUT2D eigenvalue weighted by Crippen LogP contribution is 2.18. The van der Waals surface area contributed by atoms with Crippen molar-refractivity contribution < 1.29 is 14.0 Å². The van der Waals surface area contributed by atoms with Crippen molar-refractivity contribution >= 4 is 11.6 Å². The number of carbonyl (C=O) groups is 2. The molecule has 0 heterocycles. The van der Waals surface area contributed by atoms with Crippen molar-refractivity contribution in [1.82, 2.24) is 0 Å². The van der Waals surface area contributed by atoms with Crippen LogP contribution in [0.5, 0.6) is 0 Å². The van der Waals surface area contributed by atoms with Crippen molar-refractivity contribution in [3.8, 4) is 0 Å². The van der Waals surface area contributed by atoms with Crippen LogP contribution in [0, 0.1) is 0 Å². The number of rotatable bonds is 7. The molecular weight excluding hydrogens is 243 g/mol. The van der Waals surface area contributed by atoms with Crippen molar-refractivity contribution in [2.45, 2.75) is 52.6 Å². The van der Waals surface area contributed by atoms with E-state index in [0.717, 1.165) is 17.5 Å². The maximum Gasteiger partial charge on any atom is 0.220 e. The second-order valence-electron chi connectivity index (χ2n) is 4.64. The Morgan fingerprint density at radius 3 is 2.37 bits per heavy atom. The number of hydrogen-bond donors (Lipinski definition) is 0. The Kier molecular flexibility index (Phi) is 5.87. The van der Waals surface area contributed by atoms with Gasteiger partial charge in [0.25, 0.3) is 0 Å². The van der Waals surface area contributed by atoms with Crippen molar-refractivity contribution in [3.05, 3.63) is 34.9 Å². The topological polar surface area (TPSA) is 34.1 Å². The summed E-state index contributed by atoms with van der Waals surface area (Å²) in [7, 11) is 0. The molecule has 0 aliphatic heterocycles. The fourth-order valence-corrected chi connectivity index (χ4v) is 2.06. The average molecular weight is 264 g/mol. The lowest BCUT2D eigenvalue weighted by Gasteiger charge is -2.11. The molecule has 0 spiro atoms. The zero-order chi connectivity index (χ0) is 14.4. The van der Waals surface area contributed by atoms with E-state index in [1.807, 2.05) is 26.0 Å². The van der Waals surface area contributed by atoms with E-state index in [1.165, 1.54) is 0 Å². The molecule has 0 aromatic heterocycles. The SMILES string of the molecule is CCCC(=O)C(F)C(=O)c1ccc(CC)cc1CC. The maximum absolute atomic E-state index is 13.9. The Hall–Kier alpha value is -1.51. The number of carbonyl (C=O) groups excluding carboxylic acids is 2. The van der Waals surface area contributed by atoms with Gasteiger partial charge in [0.05, 0.1) is 0 Å². The predicted octanol–water partition coefficient (Wildman–Crippen LogP) is 3.70. The predicted molar refractivity (Wildman–Crippen MR) is 74.3 cm³/mol. The van der Waals surface area contributed by atoms with E-state index in [2.05, 4.69) is 0 Å². The molecule has 1 atom stereocenters. The van der Waals surface area contributed by atoms with E-state index < -0.39 is 17.7 Å². The Balaban J connectivity index is 3.02. The van der Waals surface area contributed by atoms with Gasteiger partial charge in [0.15, 0.2) is 5.78 Å². The van der Waals surface area contributed by atoms with E-state index in [0.29, 0.717) is 18.4 Å². The van der Waals surface area contributed by atoms with Gasteiger partial charge in [-0.3, -0.25) is 9.59 Å². The minimum atomic E-state index is -2.02. The normalized spacial score (nSPS) is 12.2. The molecule has 0 saturated heterocycles. The standard InChI is InChI=1S/C16H21FO2/c1-4-7-14(18)15(17)16(19)13-9-8-11(5-2)10-12(13)6-3/h8-10,15H,4-7H2,1-3H3. The van der Waals surface area contributed by atoms with Gasteiger partial charge < -0.3 is 0 Å². The number of hydrogen-bond acceptors (Lipinski definition) is 2. The highest BCUT2D eigenvalue weighted by atomic mass is 19.1. The Labute approximate surface area is 114 Å². The first-order valence-corrected chi connectivity index (χ1v) is 6.87. The van der Waals surface area contributed by atoms with E-state index in [4.69, 9.17) is 0 Å². The number of Topliss-reactive ketones (excluding diaryl/α,β-unsaturated/α-hetero) is 2. The minimum Gasteiger partial charge on any atom is -0.296 e. The second kappa shape index (κ2) is 7.17. The van der Waals surface area contributed by atoms with E-state index in [9.17, 15) is 14.0 Å². The third-order valence-electron chi connectivity index (χ3n) is 3.23. The van der Waals surface area contributed by atoms with Gasteiger partial charge in [-0.1, -0.05) is 39.0 Å². The van der Waals surface area contributed by atoms with Crippen LogP contribution in [0.2, 0.25) is 0 Å². The highest BCUT2D eigenvalue weighted by molar-refractivity contribution is 6.13. The lowest BCUT2D eigenvalue weighted by molar-refractivity contribution is -0.122. The monoisotopic (exact) mass is 264 g/mol. The summed E-state index contributed by atoms with van der Waals surface area (Å²) in [6, 6.07) is 5.39. The molecular formula is C16H21FO2. The molecule has 0 aliphatic carbocycles. The lowest BCUT2D eigenvalue weighted by atomic mass is 9.94. The number of ketones is 2. The van der Waals surface area contributed by atoms with Gasteiger partial charge in [-0.25, -0.2) is 4.39 Å². The van der Waals surface area contributed by atoms with Gasteiger partial charge >= 0.3 is 0 Å². The third-order valence-corrected chi connectivity index (χ3v) is 3.23. The molecule has 104 valence electrons. The first kappa shape index (κ1) is 15.5. The van der Waals surface area contributed by atoms with E-state index in [-0.39, 0.29) is 6.42 Å². The molecule has 0 bridgehead atoms. The third kappa shape index (κ3) is 3.72. The van der Waals surface area contributed by atoms with Crippen LogP contribution in [0.3, 0.4) is 0 Å². The molecule has 1 aromatic rings. The van der Waals surface area contributed by atoms with Crippen LogP contribution < -0.4 is 0 Å². The van der Waals surface area contributed by atoms with E-state index >= 15 is 0 Å². The summed E-state index contributed by atoms with van der Waals surface area (Å²) in [6.07, 6.45) is 0.181. The van der Waals surface area contributed by atoms with E-state index in [1.54, 1.807) is 13.0 Å². The molecule has 3 heteroatoms. The molecule has 0 aliphatic rings. The highest BCUT2D eigenvalue weighted by Gasteiger charge is 2.27. The first-order chi connectivity index (χ1) is 9.04. The van der Waals surface area contributed by atoms with Crippen molar-refractivity contribution in [2.24, 2.45) is 0 Å². The molecule has 0 N–H and O–H groups in total. The second-order valence-corrected chi connectivity index (χ2v) is 4.64. The van der Waals surface area contributed by atoms with Crippen LogP contribution in [-0.4, -0.2) is 17.7 Å². The van der Waals surface area contributed by atoms with Gasteiger partial charge in [0, 0.05) is 12.0 Å². The Bertz CT molecular complexity index is 466. The van der Waals surface area contributed by atoms with Crippen LogP contribution in [0.1, 0.15) is 55.1 Å². The quantitative estimate of drug-likeness (QED) is 0.556. The Morgan fingerprint density at radius 2 is 1.84 bits per heavy atom.